The van der Waals surface area contributed by atoms with Crippen LogP contribution in [-0.4, -0.2) is 39.5 Å². The van der Waals surface area contributed by atoms with Crippen molar-refractivity contribution >= 4 is 11.5 Å². The minimum Gasteiger partial charge on any atom is -0.494 e. The first-order valence-electron chi connectivity index (χ1n) is 9.73. The molecule has 0 aliphatic carbocycles. The van der Waals surface area contributed by atoms with Crippen LogP contribution in [-0.2, 0) is 6.18 Å². The van der Waals surface area contributed by atoms with Crippen molar-refractivity contribution in [1.82, 2.24) is 19.8 Å². The van der Waals surface area contributed by atoms with E-state index in [-0.39, 0.29) is 5.65 Å². The van der Waals surface area contributed by atoms with Crippen molar-refractivity contribution in [2.75, 3.05) is 24.6 Å². The molecule has 6 nitrogen and oxygen atoms in total. The number of halogens is 3. The molecule has 3 heterocycles. The topological polar surface area (TPSA) is 55.5 Å². The van der Waals surface area contributed by atoms with E-state index in [1.54, 1.807) is 6.07 Å². The second-order valence-corrected chi connectivity index (χ2v) is 7.16. The third-order valence-corrected chi connectivity index (χ3v) is 5.15. The number of alkyl halides is 3. The van der Waals surface area contributed by atoms with Crippen LogP contribution in [0.25, 0.3) is 5.65 Å². The molecule has 0 spiro atoms. The summed E-state index contributed by atoms with van der Waals surface area (Å²) in [5.41, 5.74) is 1.34. The van der Waals surface area contributed by atoms with E-state index >= 15 is 0 Å². The average Bonchev–Trinajstić information content (AvgIpc) is 3.16. The maximum atomic E-state index is 13.1. The Morgan fingerprint density at radius 3 is 2.41 bits per heavy atom. The van der Waals surface area contributed by atoms with Crippen molar-refractivity contribution in [1.29, 1.82) is 0 Å². The zero-order valence-corrected chi connectivity index (χ0v) is 16.1. The van der Waals surface area contributed by atoms with Gasteiger partial charge in [0.25, 0.3) is 5.82 Å². The van der Waals surface area contributed by atoms with Crippen LogP contribution >= 0.6 is 0 Å². The van der Waals surface area contributed by atoms with Crippen LogP contribution in [0.1, 0.15) is 43.5 Å². The standard InChI is InChI=1S/C20H22F3N5O/c1-2-13-29-16-5-3-14(4-6-16)15-9-11-27(12-10-15)18-8-7-17-24-25-19(20(21,22)23)28(17)26-18/h3-8,15H,2,9-13H2,1H3. The van der Waals surface area contributed by atoms with Gasteiger partial charge in [0.2, 0.25) is 0 Å². The number of aromatic nitrogens is 4. The molecule has 0 amide bonds. The number of piperidine rings is 1. The molecule has 0 unspecified atom stereocenters. The average molecular weight is 405 g/mol. The molecule has 2 aromatic heterocycles. The minimum absolute atomic E-state index is 0.0846. The third kappa shape index (κ3) is 4.13. The Labute approximate surface area is 166 Å². The molecule has 4 rings (SSSR count). The van der Waals surface area contributed by atoms with Gasteiger partial charge < -0.3 is 9.64 Å². The summed E-state index contributed by atoms with van der Waals surface area (Å²) in [6.07, 6.45) is -1.81. The van der Waals surface area contributed by atoms with E-state index in [4.69, 9.17) is 4.74 Å². The highest BCUT2D eigenvalue weighted by atomic mass is 19.4. The molecular weight excluding hydrogens is 383 g/mol. The van der Waals surface area contributed by atoms with Crippen molar-refractivity contribution < 1.29 is 17.9 Å². The molecule has 0 radical (unpaired) electrons. The predicted molar refractivity (Wildman–Crippen MR) is 102 cm³/mol. The SMILES string of the molecule is CCCOc1ccc(C2CCN(c3ccc4nnc(C(F)(F)F)n4n3)CC2)cc1. The van der Waals surface area contributed by atoms with Gasteiger partial charge in [-0.05, 0) is 55.0 Å². The molecule has 29 heavy (non-hydrogen) atoms. The molecule has 1 aliphatic heterocycles. The Balaban J connectivity index is 1.44. The van der Waals surface area contributed by atoms with Gasteiger partial charge in [0, 0.05) is 13.1 Å². The summed E-state index contributed by atoms with van der Waals surface area (Å²) < 4.78 is 45.6. The fraction of sp³-hybridized carbons (Fsp3) is 0.450. The summed E-state index contributed by atoms with van der Waals surface area (Å²) in [7, 11) is 0. The maximum Gasteiger partial charge on any atom is 0.453 e. The summed E-state index contributed by atoms with van der Waals surface area (Å²) in [5, 5.41) is 10.9. The second-order valence-electron chi connectivity index (χ2n) is 7.16. The van der Waals surface area contributed by atoms with Gasteiger partial charge in [-0.3, -0.25) is 0 Å². The van der Waals surface area contributed by atoms with Gasteiger partial charge in [-0.2, -0.15) is 17.7 Å². The molecule has 0 saturated carbocycles. The van der Waals surface area contributed by atoms with Gasteiger partial charge in [0.05, 0.1) is 6.61 Å². The number of rotatable bonds is 5. The summed E-state index contributed by atoms with van der Waals surface area (Å²) in [4.78, 5) is 2.01. The molecule has 1 fully saturated rings. The Kier molecular flexibility index (Phi) is 5.29. The first-order chi connectivity index (χ1) is 14.0. The van der Waals surface area contributed by atoms with Crippen molar-refractivity contribution in [3.8, 4) is 5.75 Å². The third-order valence-electron chi connectivity index (χ3n) is 5.15. The van der Waals surface area contributed by atoms with Crippen LogP contribution in [0, 0.1) is 0 Å². The van der Waals surface area contributed by atoms with E-state index in [2.05, 4.69) is 34.4 Å². The first-order valence-corrected chi connectivity index (χ1v) is 9.73. The van der Waals surface area contributed by atoms with Crippen LogP contribution < -0.4 is 9.64 Å². The van der Waals surface area contributed by atoms with E-state index in [0.29, 0.717) is 18.3 Å². The normalized spacial score (nSPS) is 15.8. The van der Waals surface area contributed by atoms with Gasteiger partial charge in [0.1, 0.15) is 11.6 Å². The lowest BCUT2D eigenvalue weighted by Crippen LogP contribution is -2.34. The quantitative estimate of drug-likeness (QED) is 0.633. The molecule has 9 heteroatoms. The highest BCUT2D eigenvalue weighted by Crippen LogP contribution is 2.32. The fourth-order valence-corrected chi connectivity index (χ4v) is 3.62. The largest absolute Gasteiger partial charge is 0.494 e. The zero-order chi connectivity index (χ0) is 20.4. The number of hydrogen-bond donors (Lipinski definition) is 0. The van der Waals surface area contributed by atoms with E-state index in [1.807, 2.05) is 17.0 Å². The molecule has 1 aliphatic rings. The lowest BCUT2D eigenvalue weighted by atomic mass is 9.89. The molecule has 154 valence electrons. The molecule has 1 saturated heterocycles. The van der Waals surface area contributed by atoms with Gasteiger partial charge in [-0.1, -0.05) is 19.1 Å². The van der Waals surface area contributed by atoms with Crippen molar-refractivity contribution in [3.63, 3.8) is 0 Å². The Morgan fingerprint density at radius 1 is 1.03 bits per heavy atom. The maximum absolute atomic E-state index is 13.1. The monoisotopic (exact) mass is 405 g/mol. The van der Waals surface area contributed by atoms with Crippen LogP contribution in [0.2, 0.25) is 0 Å². The highest BCUT2D eigenvalue weighted by molar-refractivity contribution is 5.46. The smallest absolute Gasteiger partial charge is 0.453 e. The van der Waals surface area contributed by atoms with Crippen molar-refractivity contribution in [2.24, 2.45) is 0 Å². The van der Waals surface area contributed by atoms with E-state index in [1.165, 1.54) is 11.6 Å². The molecule has 0 atom stereocenters. The van der Waals surface area contributed by atoms with Crippen LogP contribution in [0.3, 0.4) is 0 Å². The lowest BCUT2D eigenvalue weighted by Gasteiger charge is -2.33. The highest BCUT2D eigenvalue weighted by Gasteiger charge is 2.38. The Morgan fingerprint density at radius 2 is 1.76 bits per heavy atom. The number of benzene rings is 1. The first kappa shape index (κ1) is 19.5. The van der Waals surface area contributed by atoms with Crippen molar-refractivity contribution in [3.05, 3.63) is 47.8 Å². The van der Waals surface area contributed by atoms with E-state index < -0.39 is 12.0 Å². The van der Waals surface area contributed by atoms with Crippen LogP contribution in [0.15, 0.2) is 36.4 Å². The number of anilines is 1. The summed E-state index contributed by atoms with van der Waals surface area (Å²) in [5.74, 6) is 0.690. The second kappa shape index (κ2) is 7.88. The zero-order valence-electron chi connectivity index (χ0n) is 16.1. The summed E-state index contributed by atoms with van der Waals surface area (Å²) in [6, 6.07) is 11.4. The summed E-state index contributed by atoms with van der Waals surface area (Å²) >= 11 is 0. The van der Waals surface area contributed by atoms with Gasteiger partial charge in [-0.25, -0.2) is 0 Å². The lowest BCUT2D eigenvalue weighted by molar-refractivity contribution is -0.146. The van der Waals surface area contributed by atoms with Gasteiger partial charge in [0.15, 0.2) is 5.65 Å². The van der Waals surface area contributed by atoms with Crippen LogP contribution in [0.4, 0.5) is 19.0 Å². The number of fused-ring (bicyclic) bond motifs is 1. The number of ether oxygens (including phenoxy) is 1. The molecule has 0 N–H and O–H groups in total. The van der Waals surface area contributed by atoms with Crippen LogP contribution in [0.5, 0.6) is 5.75 Å². The number of hydrogen-bond acceptors (Lipinski definition) is 5. The molecular formula is C20H22F3N5O. The number of nitrogens with zero attached hydrogens (tertiary/aromatic N) is 5. The molecule has 0 bridgehead atoms. The van der Waals surface area contributed by atoms with E-state index in [0.717, 1.165) is 42.6 Å². The molecule has 1 aromatic carbocycles. The molecule has 3 aromatic rings. The Bertz CT molecular complexity index is 962. The van der Waals surface area contributed by atoms with Gasteiger partial charge in [-0.15, -0.1) is 15.3 Å². The fourth-order valence-electron chi connectivity index (χ4n) is 3.62. The van der Waals surface area contributed by atoms with Crippen molar-refractivity contribution in [2.45, 2.75) is 38.3 Å². The minimum atomic E-state index is -4.59. The van der Waals surface area contributed by atoms with Gasteiger partial charge >= 0.3 is 6.18 Å². The summed E-state index contributed by atoms with van der Waals surface area (Å²) in [6.45, 7) is 4.22. The van der Waals surface area contributed by atoms with E-state index in [9.17, 15) is 13.2 Å². The predicted octanol–water partition coefficient (Wildman–Crippen LogP) is 4.32. The Hall–Kier alpha value is -2.84.